The molecule has 2 amide bonds. The minimum Gasteiger partial charge on any atom is -0.480 e. The molecule has 1 aliphatic rings. The number of carboxylic acids is 1. The number of carbonyl (C=O) groups is 3. The van der Waals surface area contributed by atoms with E-state index in [0.717, 1.165) is 0 Å². The van der Waals surface area contributed by atoms with E-state index in [1.807, 2.05) is 0 Å². The van der Waals surface area contributed by atoms with Gasteiger partial charge < -0.3 is 21.5 Å². The van der Waals surface area contributed by atoms with E-state index >= 15 is 0 Å². The van der Waals surface area contributed by atoms with Gasteiger partial charge in [0.2, 0.25) is 0 Å². The lowest BCUT2D eigenvalue weighted by molar-refractivity contribution is -0.140. The zero-order valence-electron chi connectivity index (χ0n) is 7.74. The van der Waals surface area contributed by atoms with Crippen molar-refractivity contribution in [2.24, 2.45) is 5.73 Å². The van der Waals surface area contributed by atoms with Crippen molar-refractivity contribution in [1.29, 1.82) is 0 Å². The van der Waals surface area contributed by atoms with E-state index in [1.54, 1.807) is 0 Å². The van der Waals surface area contributed by atoms with Gasteiger partial charge in [-0.05, 0) is 6.92 Å². The smallest absolute Gasteiger partial charge is 0.320 e. The van der Waals surface area contributed by atoms with Crippen LogP contribution in [0.15, 0.2) is 0 Å². The molecule has 0 aromatic carbocycles. The third kappa shape index (κ3) is 5.09. The van der Waals surface area contributed by atoms with E-state index in [2.05, 4.69) is 10.6 Å². The number of amides is 2. The van der Waals surface area contributed by atoms with Crippen molar-refractivity contribution >= 4 is 17.8 Å². The van der Waals surface area contributed by atoms with Gasteiger partial charge in [-0.1, -0.05) is 0 Å². The van der Waals surface area contributed by atoms with Gasteiger partial charge in [-0.3, -0.25) is 14.4 Å². The minimum atomic E-state index is -0.963. The SMILES string of the molecule is C[C@H](N)C(=O)O.O=C1NCCNC1=O. The third-order valence-electron chi connectivity index (χ3n) is 1.29. The first-order valence-electron chi connectivity index (χ1n) is 3.99. The molecule has 7 heteroatoms. The summed E-state index contributed by atoms with van der Waals surface area (Å²) in [6.45, 7) is 2.51. The van der Waals surface area contributed by atoms with Gasteiger partial charge in [-0.15, -0.1) is 0 Å². The summed E-state index contributed by atoms with van der Waals surface area (Å²) >= 11 is 0. The highest BCUT2D eigenvalue weighted by Gasteiger charge is 2.15. The number of piperazine rings is 1. The van der Waals surface area contributed by atoms with Crippen molar-refractivity contribution in [2.75, 3.05) is 13.1 Å². The summed E-state index contributed by atoms with van der Waals surface area (Å²) in [5.41, 5.74) is 4.84. The lowest BCUT2D eigenvalue weighted by atomic mass is 10.4. The number of rotatable bonds is 1. The lowest BCUT2D eigenvalue weighted by Gasteiger charge is -2.10. The highest BCUT2D eigenvalue weighted by molar-refractivity contribution is 6.35. The van der Waals surface area contributed by atoms with Crippen LogP contribution in [0, 0.1) is 0 Å². The number of nitrogens with one attached hydrogen (secondary N) is 2. The molecule has 0 aromatic rings. The Morgan fingerprint density at radius 1 is 1.36 bits per heavy atom. The van der Waals surface area contributed by atoms with Crippen LogP contribution in [0.25, 0.3) is 0 Å². The Hall–Kier alpha value is -1.63. The first-order valence-corrected chi connectivity index (χ1v) is 3.99. The minimum absolute atomic E-state index is 0.531. The Morgan fingerprint density at radius 2 is 1.64 bits per heavy atom. The topological polar surface area (TPSA) is 122 Å². The summed E-state index contributed by atoms with van der Waals surface area (Å²) in [4.78, 5) is 30.1. The number of hydrogen-bond donors (Lipinski definition) is 4. The van der Waals surface area contributed by atoms with E-state index in [9.17, 15) is 14.4 Å². The van der Waals surface area contributed by atoms with Crippen molar-refractivity contribution < 1.29 is 19.5 Å². The van der Waals surface area contributed by atoms with Gasteiger partial charge in [0, 0.05) is 13.1 Å². The van der Waals surface area contributed by atoms with Crippen molar-refractivity contribution in [3.63, 3.8) is 0 Å². The average molecular weight is 203 g/mol. The summed E-state index contributed by atoms with van der Waals surface area (Å²) in [7, 11) is 0. The first-order chi connectivity index (χ1) is 6.45. The zero-order chi connectivity index (χ0) is 11.1. The Bertz CT molecular complexity index is 223. The van der Waals surface area contributed by atoms with Crippen LogP contribution in [0.2, 0.25) is 0 Å². The van der Waals surface area contributed by atoms with E-state index in [1.165, 1.54) is 6.92 Å². The zero-order valence-corrected chi connectivity index (χ0v) is 7.74. The Labute approximate surface area is 80.6 Å². The number of carbonyl (C=O) groups excluding carboxylic acids is 2. The van der Waals surface area contributed by atoms with Gasteiger partial charge in [0.15, 0.2) is 0 Å². The predicted molar refractivity (Wildman–Crippen MR) is 47.3 cm³/mol. The van der Waals surface area contributed by atoms with Gasteiger partial charge in [0.1, 0.15) is 6.04 Å². The van der Waals surface area contributed by atoms with Crippen LogP contribution < -0.4 is 16.4 Å². The fourth-order valence-corrected chi connectivity index (χ4v) is 0.513. The number of aliphatic carboxylic acids is 1. The first kappa shape index (κ1) is 12.4. The van der Waals surface area contributed by atoms with Crippen LogP contribution >= 0.6 is 0 Å². The van der Waals surface area contributed by atoms with E-state index in [0.29, 0.717) is 13.1 Å². The molecule has 1 heterocycles. The van der Waals surface area contributed by atoms with E-state index in [-0.39, 0.29) is 0 Å². The monoisotopic (exact) mass is 203 g/mol. The van der Waals surface area contributed by atoms with E-state index in [4.69, 9.17) is 10.8 Å². The van der Waals surface area contributed by atoms with Crippen LogP contribution in [0.1, 0.15) is 6.92 Å². The molecule has 5 N–H and O–H groups in total. The van der Waals surface area contributed by atoms with Crippen molar-refractivity contribution in [1.82, 2.24) is 10.6 Å². The summed E-state index contributed by atoms with van der Waals surface area (Å²) in [6.07, 6.45) is 0. The molecule has 0 aromatic heterocycles. The molecule has 80 valence electrons. The fraction of sp³-hybridized carbons (Fsp3) is 0.571. The highest BCUT2D eigenvalue weighted by Crippen LogP contribution is 1.73. The Kier molecular flexibility index (Phi) is 5.23. The van der Waals surface area contributed by atoms with Crippen LogP contribution in [-0.2, 0) is 14.4 Å². The molecule has 0 saturated carbocycles. The molecule has 1 rings (SSSR count). The molecule has 0 radical (unpaired) electrons. The van der Waals surface area contributed by atoms with Crippen LogP contribution in [0.5, 0.6) is 0 Å². The second kappa shape index (κ2) is 5.92. The third-order valence-corrected chi connectivity index (χ3v) is 1.29. The number of carboxylic acid groups (broad SMARTS) is 1. The molecule has 1 aliphatic heterocycles. The molecular weight excluding hydrogens is 190 g/mol. The van der Waals surface area contributed by atoms with Gasteiger partial charge in [0.25, 0.3) is 0 Å². The molecule has 1 fully saturated rings. The second-order valence-electron chi connectivity index (χ2n) is 2.64. The predicted octanol–water partition coefficient (Wildman–Crippen LogP) is -2.35. The maximum absolute atomic E-state index is 10.3. The van der Waals surface area contributed by atoms with Crippen LogP contribution in [0.4, 0.5) is 0 Å². The molecule has 7 nitrogen and oxygen atoms in total. The number of nitrogens with two attached hydrogens (primary N) is 1. The van der Waals surface area contributed by atoms with Gasteiger partial charge in [-0.25, -0.2) is 0 Å². The molecule has 1 atom stereocenters. The van der Waals surface area contributed by atoms with Crippen LogP contribution in [0.3, 0.4) is 0 Å². The molecule has 14 heavy (non-hydrogen) atoms. The van der Waals surface area contributed by atoms with Crippen molar-refractivity contribution in [3.05, 3.63) is 0 Å². The van der Waals surface area contributed by atoms with Gasteiger partial charge in [-0.2, -0.15) is 0 Å². The van der Waals surface area contributed by atoms with Crippen LogP contribution in [-0.4, -0.2) is 42.0 Å². The van der Waals surface area contributed by atoms with Gasteiger partial charge in [0.05, 0.1) is 0 Å². The van der Waals surface area contributed by atoms with E-state index < -0.39 is 23.8 Å². The normalized spacial score (nSPS) is 17.0. The Morgan fingerprint density at radius 3 is 1.79 bits per heavy atom. The Balaban J connectivity index is 0.000000255. The molecule has 0 spiro atoms. The molecule has 0 aliphatic carbocycles. The summed E-state index contributed by atoms with van der Waals surface area (Å²) in [5, 5.41) is 12.6. The quantitative estimate of drug-likeness (QED) is 0.355. The van der Waals surface area contributed by atoms with Crippen molar-refractivity contribution in [3.8, 4) is 0 Å². The fourth-order valence-electron chi connectivity index (χ4n) is 0.513. The molecule has 0 unspecified atom stereocenters. The summed E-state index contributed by atoms with van der Waals surface area (Å²) < 4.78 is 0. The lowest BCUT2D eigenvalue weighted by Crippen LogP contribution is -2.49. The highest BCUT2D eigenvalue weighted by atomic mass is 16.4. The molecule has 0 bridgehead atoms. The van der Waals surface area contributed by atoms with Gasteiger partial charge >= 0.3 is 17.8 Å². The number of hydrogen-bond acceptors (Lipinski definition) is 4. The summed E-state index contributed by atoms with van der Waals surface area (Å²) in [6, 6.07) is -0.731. The second-order valence-corrected chi connectivity index (χ2v) is 2.64. The largest absolute Gasteiger partial charge is 0.480 e. The maximum Gasteiger partial charge on any atom is 0.320 e. The molecule has 1 saturated heterocycles. The van der Waals surface area contributed by atoms with Crippen molar-refractivity contribution in [2.45, 2.75) is 13.0 Å². The summed E-state index contributed by atoms with van der Waals surface area (Å²) in [5.74, 6) is -2.03. The average Bonchev–Trinajstić information content (AvgIpc) is 2.11. The molecular formula is C7H13N3O4. The standard InChI is InChI=1S/C4H6N2O2.C3H7NO2/c7-3-4(8)6-2-1-5-3;1-2(4)3(5)6/h1-2H2,(H,5,7)(H,6,8);2H,4H2,1H3,(H,5,6)/t;2-/m.0/s1. The maximum atomic E-state index is 10.3.